The fraction of sp³-hybridized carbons (Fsp3) is 0.522. The molecule has 3 rings (SSSR count). The smallest absolute Gasteiger partial charge is 0.191 e. The maximum absolute atomic E-state index is 6.15. The van der Waals surface area contributed by atoms with Crippen molar-refractivity contribution in [1.29, 1.82) is 0 Å². The van der Waals surface area contributed by atoms with Gasteiger partial charge in [0.05, 0.1) is 19.8 Å². The second-order valence-electron chi connectivity index (χ2n) is 7.69. The van der Waals surface area contributed by atoms with E-state index in [9.17, 15) is 0 Å². The lowest BCUT2D eigenvalue weighted by molar-refractivity contribution is 0.166. The SMILES string of the molecule is CCNC(=NCc1ccc(C)cc1OCC1CCOC1)NCC(C)c1ccsc1. The molecule has 1 saturated heterocycles. The van der Waals surface area contributed by atoms with Crippen LogP contribution in [-0.4, -0.2) is 38.9 Å². The van der Waals surface area contributed by atoms with Crippen LogP contribution in [0.5, 0.6) is 5.75 Å². The number of guanidine groups is 1. The summed E-state index contributed by atoms with van der Waals surface area (Å²) in [6, 6.07) is 8.54. The number of nitrogens with one attached hydrogen (secondary N) is 2. The number of hydrogen-bond donors (Lipinski definition) is 2. The van der Waals surface area contributed by atoms with E-state index < -0.39 is 0 Å². The van der Waals surface area contributed by atoms with Gasteiger partial charge in [0.2, 0.25) is 0 Å². The average Bonchev–Trinajstić information content (AvgIpc) is 3.43. The molecule has 2 aromatic rings. The van der Waals surface area contributed by atoms with E-state index in [0.717, 1.165) is 50.0 Å². The molecule has 1 aliphatic rings. The molecule has 0 radical (unpaired) electrons. The standard InChI is InChI=1S/C23H33N3O2S/c1-4-24-23(25-12-18(3)21-8-10-29-16-21)26-13-20-6-5-17(2)11-22(20)28-15-19-7-9-27-14-19/h5-6,8,10-11,16,18-19H,4,7,9,12-15H2,1-3H3,(H2,24,25,26). The Kier molecular flexibility index (Phi) is 8.38. The van der Waals surface area contributed by atoms with Gasteiger partial charge in [0.15, 0.2) is 5.96 Å². The van der Waals surface area contributed by atoms with Crippen LogP contribution in [0.15, 0.2) is 40.0 Å². The zero-order chi connectivity index (χ0) is 20.5. The number of hydrogen-bond acceptors (Lipinski definition) is 4. The molecule has 0 amide bonds. The highest BCUT2D eigenvalue weighted by Gasteiger charge is 2.17. The quantitative estimate of drug-likeness (QED) is 0.473. The van der Waals surface area contributed by atoms with Crippen LogP contribution in [0, 0.1) is 12.8 Å². The summed E-state index contributed by atoms with van der Waals surface area (Å²) in [6.07, 6.45) is 1.08. The number of ether oxygens (including phenoxy) is 2. The van der Waals surface area contributed by atoms with Gasteiger partial charge in [-0.1, -0.05) is 19.1 Å². The maximum atomic E-state index is 6.15. The zero-order valence-electron chi connectivity index (χ0n) is 17.7. The van der Waals surface area contributed by atoms with Crippen LogP contribution in [0.4, 0.5) is 0 Å². The van der Waals surface area contributed by atoms with Gasteiger partial charge < -0.3 is 20.1 Å². The van der Waals surface area contributed by atoms with Crippen molar-refractivity contribution in [3.05, 3.63) is 51.7 Å². The van der Waals surface area contributed by atoms with Crippen molar-refractivity contribution in [3.63, 3.8) is 0 Å². The van der Waals surface area contributed by atoms with Crippen molar-refractivity contribution in [2.24, 2.45) is 10.9 Å². The molecule has 0 bridgehead atoms. The van der Waals surface area contributed by atoms with E-state index in [1.807, 2.05) is 0 Å². The Labute approximate surface area is 178 Å². The first-order valence-corrected chi connectivity index (χ1v) is 11.4. The first-order chi connectivity index (χ1) is 14.2. The van der Waals surface area contributed by atoms with Crippen LogP contribution in [0.2, 0.25) is 0 Å². The Bertz CT molecular complexity index is 770. The third-order valence-electron chi connectivity index (χ3n) is 5.16. The van der Waals surface area contributed by atoms with E-state index in [2.05, 4.69) is 66.4 Å². The van der Waals surface area contributed by atoms with Gasteiger partial charge in [-0.3, -0.25) is 0 Å². The molecule has 6 heteroatoms. The van der Waals surface area contributed by atoms with Crippen molar-refractivity contribution in [1.82, 2.24) is 10.6 Å². The molecule has 2 unspecified atom stereocenters. The molecule has 158 valence electrons. The minimum atomic E-state index is 0.442. The monoisotopic (exact) mass is 415 g/mol. The molecule has 1 fully saturated rings. The molecule has 0 saturated carbocycles. The number of thiophene rings is 1. The van der Waals surface area contributed by atoms with Crippen molar-refractivity contribution in [2.75, 3.05) is 32.9 Å². The highest BCUT2D eigenvalue weighted by molar-refractivity contribution is 7.07. The van der Waals surface area contributed by atoms with E-state index in [1.54, 1.807) is 11.3 Å². The number of benzene rings is 1. The Morgan fingerprint density at radius 3 is 2.97 bits per heavy atom. The summed E-state index contributed by atoms with van der Waals surface area (Å²) >= 11 is 1.74. The normalized spacial score (nSPS) is 17.9. The average molecular weight is 416 g/mol. The third kappa shape index (κ3) is 6.75. The summed E-state index contributed by atoms with van der Waals surface area (Å²) in [4.78, 5) is 4.80. The van der Waals surface area contributed by atoms with Gasteiger partial charge in [0.25, 0.3) is 0 Å². The Balaban J connectivity index is 1.61. The van der Waals surface area contributed by atoms with Gasteiger partial charge >= 0.3 is 0 Å². The first kappa shape index (κ1) is 21.7. The molecule has 2 atom stereocenters. The van der Waals surface area contributed by atoms with Crippen molar-refractivity contribution < 1.29 is 9.47 Å². The second-order valence-corrected chi connectivity index (χ2v) is 8.47. The second kappa shape index (κ2) is 11.2. The van der Waals surface area contributed by atoms with Gasteiger partial charge in [0, 0.05) is 31.2 Å². The van der Waals surface area contributed by atoms with Crippen LogP contribution in [0.25, 0.3) is 0 Å². The van der Waals surface area contributed by atoms with E-state index in [1.165, 1.54) is 11.1 Å². The summed E-state index contributed by atoms with van der Waals surface area (Å²) in [7, 11) is 0. The summed E-state index contributed by atoms with van der Waals surface area (Å²) < 4.78 is 11.6. The van der Waals surface area contributed by atoms with Crippen molar-refractivity contribution >= 4 is 17.3 Å². The highest BCUT2D eigenvalue weighted by Crippen LogP contribution is 2.23. The van der Waals surface area contributed by atoms with E-state index >= 15 is 0 Å². The summed E-state index contributed by atoms with van der Waals surface area (Å²) in [5.41, 5.74) is 3.67. The minimum absolute atomic E-state index is 0.442. The number of aliphatic imine (C=N–C) groups is 1. The van der Waals surface area contributed by atoms with Gasteiger partial charge in [-0.25, -0.2) is 4.99 Å². The van der Waals surface area contributed by atoms with Crippen molar-refractivity contribution in [3.8, 4) is 5.75 Å². The zero-order valence-corrected chi connectivity index (χ0v) is 18.6. The molecule has 5 nitrogen and oxygen atoms in total. The minimum Gasteiger partial charge on any atom is -0.493 e. The summed E-state index contributed by atoms with van der Waals surface area (Å²) in [5, 5.41) is 11.2. The number of rotatable bonds is 9. The van der Waals surface area contributed by atoms with Gasteiger partial charge in [-0.05, 0) is 60.2 Å². The molecular formula is C23H33N3O2S. The summed E-state index contributed by atoms with van der Waals surface area (Å²) in [6.45, 7) is 11.0. The fourth-order valence-corrected chi connectivity index (χ4v) is 4.06. The lowest BCUT2D eigenvalue weighted by atomic mass is 10.1. The summed E-state index contributed by atoms with van der Waals surface area (Å²) in [5.74, 6) is 2.70. The molecule has 2 N–H and O–H groups in total. The number of aryl methyl sites for hydroxylation is 1. The molecule has 1 aliphatic heterocycles. The van der Waals surface area contributed by atoms with E-state index in [4.69, 9.17) is 14.5 Å². The first-order valence-electron chi connectivity index (χ1n) is 10.5. The lowest BCUT2D eigenvalue weighted by Gasteiger charge is -2.16. The molecular weight excluding hydrogens is 382 g/mol. The van der Waals surface area contributed by atoms with Gasteiger partial charge in [-0.2, -0.15) is 11.3 Å². The fourth-order valence-electron chi connectivity index (χ4n) is 3.28. The molecule has 0 spiro atoms. The van der Waals surface area contributed by atoms with E-state index in [-0.39, 0.29) is 0 Å². The van der Waals surface area contributed by atoms with Crippen LogP contribution in [-0.2, 0) is 11.3 Å². The van der Waals surface area contributed by atoms with Crippen molar-refractivity contribution in [2.45, 2.75) is 39.7 Å². The third-order valence-corrected chi connectivity index (χ3v) is 5.86. The highest BCUT2D eigenvalue weighted by atomic mass is 32.1. The maximum Gasteiger partial charge on any atom is 0.191 e. The van der Waals surface area contributed by atoms with Crippen LogP contribution in [0.1, 0.15) is 42.9 Å². The van der Waals surface area contributed by atoms with Crippen LogP contribution in [0.3, 0.4) is 0 Å². The topological polar surface area (TPSA) is 54.9 Å². The molecule has 0 aliphatic carbocycles. The Morgan fingerprint density at radius 1 is 1.34 bits per heavy atom. The largest absolute Gasteiger partial charge is 0.493 e. The van der Waals surface area contributed by atoms with Gasteiger partial charge in [0.1, 0.15) is 5.75 Å². The van der Waals surface area contributed by atoms with E-state index in [0.29, 0.717) is 25.0 Å². The van der Waals surface area contributed by atoms with Gasteiger partial charge in [-0.15, -0.1) is 0 Å². The Morgan fingerprint density at radius 2 is 2.24 bits per heavy atom. The van der Waals surface area contributed by atoms with Crippen LogP contribution < -0.4 is 15.4 Å². The Hall–Kier alpha value is -2.05. The molecule has 2 heterocycles. The lowest BCUT2D eigenvalue weighted by Crippen LogP contribution is -2.39. The molecule has 29 heavy (non-hydrogen) atoms. The molecule has 1 aromatic heterocycles. The predicted octanol–water partition coefficient (Wildman–Crippen LogP) is 4.33. The number of nitrogens with zero attached hydrogens (tertiary/aromatic N) is 1. The predicted molar refractivity (Wildman–Crippen MR) is 121 cm³/mol. The van der Waals surface area contributed by atoms with Crippen LogP contribution >= 0.6 is 11.3 Å². The molecule has 1 aromatic carbocycles.